The molecule has 23 heavy (non-hydrogen) atoms. The molecule has 1 amide bonds. The maximum atomic E-state index is 12.6. The van der Waals surface area contributed by atoms with Crippen LogP contribution in [0.2, 0.25) is 0 Å². The summed E-state index contributed by atoms with van der Waals surface area (Å²) in [4.78, 5) is 17.4. The number of carbonyl (C=O) groups excluding carboxylic acids is 1. The summed E-state index contributed by atoms with van der Waals surface area (Å²) in [5, 5.41) is 3.97. The summed E-state index contributed by atoms with van der Waals surface area (Å²) < 4.78 is 0. The van der Waals surface area contributed by atoms with Crippen LogP contribution in [0.15, 0.2) is 60.7 Å². The summed E-state index contributed by atoms with van der Waals surface area (Å²) in [7, 11) is 0. The average Bonchev–Trinajstić information content (AvgIpc) is 3.44. The van der Waals surface area contributed by atoms with Crippen LogP contribution in [0.5, 0.6) is 0 Å². The molecule has 1 saturated carbocycles. The van der Waals surface area contributed by atoms with Gasteiger partial charge in [-0.3, -0.25) is 4.79 Å². The second-order valence-corrected chi connectivity index (χ2v) is 6.09. The van der Waals surface area contributed by atoms with Gasteiger partial charge in [0.15, 0.2) is 0 Å². The first-order valence-electron chi connectivity index (χ1n) is 8.05. The van der Waals surface area contributed by atoms with E-state index >= 15 is 0 Å². The molecule has 1 aromatic heterocycles. The number of nitrogens with one attached hydrogen (secondary N) is 1. The average molecular weight is 302 g/mol. The molecule has 114 valence electrons. The number of hydrogen-bond donors (Lipinski definition) is 1. The summed E-state index contributed by atoms with van der Waals surface area (Å²) >= 11 is 0. The minimum atomic E-state index is -0.00678. The van der Waals surface area contributed by atoms with Crippen molar-refractivity contribution in [3.63, 3.8) is 0 Å². The predicted octanol–water partition coefficient (Wildman–Crippen LogP) is 4.04. The van der Waals surface area contributed by atoms with Gasteiger partial charge in [-0.15, -0.1) is 0 Å². The van der Waals surface area contributed by atoms with Gasteiger partial charge in [0.25, 0.3) is 5.91 Å². The smallest absolute Gasteiger partial charge is 0.252 e. The van der Waals surface area contributed by atoms with Gasteiger partial charge >= 0.3 is 0 Å². The molecule has 1 N–H and O–H groups in total. The minimum Gasteiger partial charge on any atom is -0.352 e. The molecule has 0 spiro atoms. The summed E-state index contributed by atoms with van der Waals surface area (Å²) in [5.41, 5.74) is 3.41. The lowest BCUT2D eigenvalue weighted by atomic mass is 10.0. The van der Waals surface area contributed by atoms with Crippen molar-refractivity contribution in [2.24, 2.45) is 5.92 Å². The first kappa shape index (κ1) is 13.9. The Labute approximate surface area is 135 Å². The normalized spacial score (nSPS) is 13.9. The molecule has 0 bridgehead atoms. The van der Waals surface area contributed by atoms with E-state index in [0.717, 1.165) is 28.7 Å². The number of pyridine rings is 1. The van der Waals surface area contributed by atoms with Crippen LogP contribution in [0, 0.1) is 5.92 Å². The molecule has 0 atom stereocenters. The van der Waals surface area contributed by atoms with E-state index in [4.69, 9.17) is 4.98 Å². The largest absolute Gasteiger partial charge is 0.352 e. The van der Waals surface area contributed by atoms with Crippen molar-refractivity contribution >= 4 is 16.8 Å². The third-order valence-electron chi connectivity index (χ3n) is 4.28. The van der Waals surface area contributed by atoms with E-state index in [1.165, 1.54) is 12.8 Å². The number of hydrogen-bond acceptors (Lipinski definition) is 2. The number of para-hydroxylation sites is 1. The van der Waals surface area contributed by atoms with Crippen molar-refractivity contribution < 1.29 is 4.79 Å². The molecule has 3 nitrogen and oxygen atoms in total. The van der Waals surface area contributed by atoms with Crippen molar-refractivity contribution in [3.8, 4) is 11.3 Å². The van der Waals surface area contributed by atoms with E-state index in [2.05, 4.69) is 5.32 Å². The predicted molar refractivity (Wildman–Crippen MR) is 92.2 cm³/mol. The fourth-order valence-electron chi connectivity index (χ4n) is 2.77. The van der Waals surface area contributed by atoms with E-state index < -0.39 is 0 Å². The minimum absolute atomic E-state index is 0.00678. The molecular weight excluding hydrogens is 284 g/mol. The van der Waals surface area contributed by atoms with Crippen LogP contribution in [0.25, 0.3) is 22.2 Å². The molecule has 1 aliphatic rings. The molecule has 3 heteroatoms. The third kappa shape index (κ3) is 2.95. The van der Waals surface area contributed by atoms with Crippen LogP contribution in [-0.4, -0.2) is 17.4 Å². The van der Waals surface area contributed by atoms with Crippen LogP contribution >= 0.6 is 0 Å². The van der Waals surface area contributed by atoms with Gasteiger partial charge in [-0.05, 0) is 30.9 Å². The molecule has 2 aromatic carbocycles. The van der Waals surface area contributed by atoms with Gasteiger partial charge in [0.1, 0.15) is 0 Å². The molecule has 0 aliphatic heterocycles. The van der Waals surface area contributed by atoms with Gasteiger partial charge < -0.3 is 5.32 Å². The Hall–Kier alpha value is -2.68. The van der Waals surface area contributed by atoms with Gasteiger partial charge in [-0.2, -0.15) is 0 Å². The maximum Gasteiger partial charge on any atom is 0.252 e. The number of rotatable bonds is 4. The Balaban J connectivity index is 1.78. The van der Waals surface area contributed by atoms with Crippen molar-refractivity contribution in [2.75, 3.05) is 6.54 Å². The maximum absolute atomic E-state index is 12.6. The van der Waals surface area contributed by atoms with E-state index in [-0.39, 0.29) is 5.91 Å². The van der Waals surface area contributed by atoms with E-state index in [9.17, 15) is 4.79 Å². The number of aromatic nitrogens is 1. The molecule has 1 heterocycles. The van der Waals surface area contributed by atoms with Crippen molar-refractivity contribution in [3.05, 3.63) is 66.2 Å². The number of benzene rings is 2. The highest BCUT2D eigenvalue weighted by molar-refractivity contribution is 6.07. The Bertz CT molecular complexity index is 854. The lowest BCUT2D eigenvalue weighted by molar-refractivity contribution is 0.0953. The Kier molecular flexibility index (Phi) is 3.54. The lowest BCUT2D eigenvalue weighted by Crippen LogP contribution is -2.25. The SMILES string of the molecule is O=C(NCC1CC1)c1cc(-c2ccccc2)nc2ccccc12. The summed E-state index contributed by atoms with van der Waals surface area (Å²) in [5.74, 6) is 0.660. The van der Waals surface area contributed by atoms with Gasteiger partial charge in [-0.25, -0.2) is 4.98 Å². The molecule has 3 aromatic rings. The fourth-order valence-corrected chi connectivity index (χ4v) is 2.77. The highest BCUT2D eigenvalue weighted by atomic mass is 16.1. The molecular formula is C20H18N2O. The van der Waals surface area contributed by atoms with Crippen molar-refractivity contribution in [2.45, 2.75) is 12.8 Å². The monoisotopic (exact) mass is 302 g/mol. The van der Waals surface area contributed by atoms with Crippen molar-refractivity contribution in [1.29, 1.82) is 0 Å². The molecule has 0 radical (unpaired) electrons. The Morgan fingerprint density at radius 3 is 2.57 bits per heavy atom. The van der Waals surface area contributed by atoms with Crippen LogP contribution in [-0.2, 0) is 0 Å². The third-order valence-corrected chi connectivity index (χ3v) is 4.28. The number of fused-ring (bicyclic) bond motifs is 1. The van der Waals surface area contributed by atoms with E-state index in [0.29, 0.717) is 11.5 Å². The van der Waals surface area contributed by atoms with Gasteiger partial charge in [0.05, 0.1) is 16.8 Å². The fraction of sp³-hybridized carbons (Fsp3) is 0.200. The summed E-state index contributed by atoms with van der Waals surface area (Å²) in [6, 6.07) is 19.7. The molecule has 1 aliphatic carbocycles. The summed E-state index contributed by atoms with van der Waals surface area (Å²) in [6.45, 7) is 0.774. The van der Waals surface area contributed by atoms with Crippen LogP contribution < -0.4 is 5.32 Å². The van der Waals surface area contributed by atoms with Crippen LogP contribution in [0.1, 0.15) is 23.2 Å². The molecule has 1 fully saturated rings. The highest BCUT2D eigenvalue weighted by Gasteiger charge is 2.22. The first-order valence-corrected chi connectivity index (χ1v) is 8.05. The molecule has 4 rings (SSSR count). The summed E-state index contributed by atoms with van der Waals surface area (Å²) in [6.07, 6.45) is 2.46. The zero-order chi connectivity index (χ0) is 15.6. The Morgan fingerprint density at radius 2 is 1.78 bits per heavy atom. The van der Waals surface area contributed by atoms with Crippen LogP contribution in [0.3, 0.4) is 0 Å². The second-order valence-electron chi connectivity index (χ2n) is 6.09. The van der Waals surface area contributed by atoms with E-state index in [1.807, 2.05) is 60.7 Å². The Morgan fingerprint density at radius 1 is 1.04 bits per heavy atom. The standard InChI is InChI=1S/C20H18N2O/c23-20(21-13-14-10-11-14)17-12-19(15-6-2-1-3-7-15)22-18-9-5-4-8-16(17)18/h1-9,12,14H,10-11,13H2,(H,21,23). The van der Waals surface area contributed by atoms with Gasteiger partial charge in [0.2, 0.25) is 0 Å². The number of nitrogens with zero attached hydrogens (tertiary/aromatic N) is 1. The molecule has 0 saturated heterocycles. The zero-order valence-corrected chi connectivity index (χ0v) is 12.8. The first-order chi connectivity index (χ1) is 11.3. The zero-order valence-electron chi connectivity index (χ0n) is 12.8. The number of carbonyl (C=O) groups is 1. The van der Waals surface area contributed by atoms with Crippen molar-refractivity contribution in [1.82, 2.24) is 10.3 Å². The van der Waals surface area contributed by atoms with Crippen LogP contribution in [0.4, 0.5) is 0 Å². The molecule has 0 unspecified atom stereocenters. The lowest BCUT2D eigenvalue weighted by Gasteiger charge is -2.10. The highest BCUT2D eigenvalue weighted by Crippen LogP contribution is 2.28. The van der Waals surface area contributed by atoms with Gasteiger partial charge in [-0.1, -0.05) is 48.5 Å². The number of amides is 1. The van der Waals surface area contributed by atoms with Gasteiger partial charge in [0, 0.05) is 17.5 Å². The quantitative estimate of drug-likeness (QED) is 0.790. The second kappa shape index (κ2) is 5.84. The van der Waals surface area contributed by atoms with E-state index in [1.54, 1.807) is 0 Å². The topological polar surface area (TPSA) is 42.0 Å².